The van der Waals surface area contributed by atoms with Gasteiger partial charge < -0.3 is 14.4 Å². The molecule has 4 heteroatoms. The number of rotatable bonds is 4. The lowest BCUT2D eigenvalue weighted by Crippen LogP contribution is -2.29. The van der Waals surface area contributed by atoms with Crippen LogP contribution >= 0.6 is 0 Å². The van der Waals surface area contributed by atoms with E-state index in [1.807, 2.05) is 32.3 Å². The van der Waals surface area contributed by atoms with Crippen molar-refractivity contribution in [1.82, 2.24) is 4.90 Å². The second-order valence-corrected chi connectivity index (χ2v) is 5.56. The second-order valence-electron chi connectivity index (χ2n) is 5.56. The van der Waals surface area contributed by atoms with Gasteiger partial charge in [-0.3, -0.25) is 0 Å². The monoisotopic (exact) mass is 274 g/mol. The van der Waals surface area contributed by atoms with Crippen molar-refractivity contribution in [3.63, 3.8) is 0 Å². The van der Waals surface area contributed by atoms with Crippen LogP contribution in [-0.2, 0) is 5.41 Å². The first-order chi connectivity index (χ1) is 9.61. The molecule has 20 heavy (non-hydrogen) atoms. The molecule has 4 nitrogen and oxygen atoms in total. The standard InChI is InChI=1S/C16H22N2O2/c1-18(2)9-8-16(12-17)7-4-10-20-15-6-5-13(19-3)11-14(15)16/h5-6,11H,4,7-10H2,1-3H3. The number of fused-ring (bicyclic) bond motifs is 1. The average molecular weight is 274 g/mol. The Kier molecular flexibility index (Phi) is 4.51. The van der Waals surface area contributed by atoms with Crippen molar-refractivity contribution in [3.05, 3.63) is 23.8 Å². The fraction of sp³-hybridized carbons (Fsp3) is 0.562. The van der Waals surface area contributed by atoms with E-state index in [0.717, 1.165) is 42.9 Å². The molecule has 1 aromatic carbocycles. The molecule has 1 atom stereocenters. The number of benzene rings is 1. The van der Waals surface area contributed by atoms with Gasteiger partial charge in [0.2, 0.25) is 0 Å². The minimum Gasteiger partial charge on any atom is -0.497 e. The third-order valence-corrected chi connectivity index (χ3v) is 3.91. The first kappa shape index (κ1) is 14.7. The van der Waals surface area contributed by atoms with E-state index in [1.165, 1.54) is 0 Å². The Hall–Kier alpha value is -1.73. The molecule has 0 amide bonds. The summed E-state index contributed by atoms with van der Waals surface area (Å²) in [7, 11) is 5.71. The lowest BCUT2D eigenvalue weighted by atomic mass is 9.75. The van der Waals surface area contributed by atoms with Crippen molar-refractivity contribution >= 4 is 0 Å². The third kappa shape index (κ3) is 2.88. The SMILES string of the molecule is COc1ccc2c(c1)C(C#N)(CCN(C)C)CCCO2. The number of methoxy groups -OCH3 is 1. The smallest absolute Gasteiger partial charge is 0.124 e. The van der Waals surface area contributed by atoms with E-state index in [0.29, 0.717) is 6.61 Å². The summed E-state index contributed by atoms with van der Waals surface area (Å²) in [5.74, 6) is 1.60. The highest BCUT2D eigenvalue weighted by Gasteiger charge is 2.36. The first-order valence-electron chi connectivity index (χ1n) is 6.98. The van der Waals surface area contributed by atoms with Gasteiger partial charge in [-0.15, -0.1) is 0 Å². The molecule has 0 radical (unpaired) electrons. The number of nitriles is 1. The van der Waals surface area contributed by atoms with Crippen LogP contribution in [-0.4, -0.2) is 39.3 Å². The molecule has 1 heterocycles. The molecule has 1 unspecified atom stereocenters. The Bertz CT molecular complexity index is 508. The Labute approximate surface area is 120 Å². The maximum absolute atomic E-state index is 9.82. The molecule has 108 valence electrons. The molecule has 0 saturated heterocycles. The van der Waals surface area contributed by atoms with Crippen molar-refractivity contribution in [2.45, 2.75) is 24.7 Å². The van der Waals surface area contributed by atoms with Crippen molar-refractivity contribution in [2.24, 2.45) is 0 Å². The maximum atomic E-state index is 9.82. The Morgan fingerprint density at radius 2 is 2.25 bits per heavy atom. The van der Waals surface area contributed by atoms with E-state index in [-0.39, 0.29) is 0 Å². The van der Waals surface area contributed by atoms with Gasteiger partial charge in [-0.05, 0) is 58.1 Å². The van der Waals surface area contributed by atoms with Gasteiger partial charge in [0.1, 0.15) is 11.5 Å². The van der Waals surface area contributed by atoms with Crippen LogP contribution in [0.25, 0.3) is 0 Å². The average Bonchev–Trinajstić information content (AvgIpc) is 2.64. The van der Waals surface area contributed by atoms with Crippen LogP contribution in [0.2, 0.25) is 0 Å². The lowest BCUT2D eigenvalue weighted by molar-refractivity contribution is 0.309. The highest BCUT2D eigenvalue weighted by atomic mass is 16.5. The molecule has 1 aromatic rings. The van der Waals surface area contributed by atoms with E-state index in [4.69, 9.17) is 9.47 Å². The predicted octanol–water partition coefficient (Wildman–Crippen LogP) is 2.58. The van der Waals surface area contributed by atoms with E-state index < -0.39 is 5.41 Å². The van der Waals surface area contributed by atoms with Gasteiger partial charge in [-0.2, -0.15) is 5.26 Å². The number of hydrogen-bond donors (Lipinski definition) is 0. The van der Waals surface area contributed by atoms with Crippen LogP contribution in [0, 0.1) is 11.3 Å². The second kappa shape index (κ2) is 6.15. The summed E-state index contributed by atoms with van der Waals surface area (Å²) in [6, 6.07) is 8.32. The summed E-state index contributed by atoms with van der Waals surface area (Å²) in [5.41, 5.74) is 0.490. The minimum absolute atomic E-state index is 0.482. The fourth-order valence-corrected chi connectivity index (χ4v) is 2.67. The van der Waals surface area contributed by atoms with E-state index in [2.05, 4.69) is 11.0 Å². The Morgan fingerprint density at radius 3 is 2.90 bits per heavy atom. The number of ether oxygens (including phenoxy) is 2. The molecule has 0 spiro atoms. The fourth-order valence-electron chi connectivity index (χ4n) is 2.67. The Morgan fingerprint density at radius 1 is 1.45 bits per heavy atom. The molecule has 0 aliphatic carbocycles. The normalized spacial score (nSPS) is 21.6. The van der Waals surface area contributed by atoms with E-state index in [9.17, 15) is 5.26 Å². The largest absolute Gasteiger partial charge is 0.497 e. The van der Waals surface area contributed by atoms with Crippen LogP contribution in [0.15, 0.2) is 18.2 Å². The zero-order valence-corrected chi connectivity index (χ0v) is 12.5. The van der Waals surface area contributed by atoms with E-state index in [1.54, 1.807) is 7.11 Å². The van der Waals surface area contributed by atoms with Gasteiger partial charge in [-0.1, -0.05) is 0 Å². The third-order valence-electron chi connectivity index (χ3n) is 3.91. The summed E-state index contributed by atoms with van der Waals surface area (Å²) < 4.78 is 11.1. The molecule has 0 aromatic heterocycles. The van der Waals surface area contributed by atoms with Crippen LogP contribution in [0.3, 0.4) is 0 Å². The summed E-state index contributed by atoms with van der Waals surface area (Å²) in [6.07, 6.45) is 2.54. The van der Waals surface area contributed by atoms with Gasteiger partial charge >= 0.3 is 0 Å². The lowest BCUT2D eigenvalue weighted by Gasteiger charge is -2.28. The van der Waals surface area contributed by atoms with Gasteiger partial charge in [0.05, 0.1) is 25.2 Å². The molecule has 0 fully saturated rings. The van der Waals surface area contributed by atoms with Crippen LogP contribution in [0.4, 0.5) is 0 Å². The van der Waals surface area contributed by atoms with Gasteiger partial charge in [-0.25, -0.2) is 0 Å². The minimum atomic E-state index is -0.482. The summed E-state index contributed by atoms with van der Waals surface area (Å²) in [5, 5.41) is 9.82. The maximum Gasteiger partial charge on any atom is 0.124 e. The zero-order valence-electron chi connectivity index (χ0n) is 12.5. The van der Waals surface area contributed by atoms with Crippen molar-refractivity contribution in [3.8, 4) is 17.6 Å². The summed E-state index contributed by atoms with van der Waals surface area (Å²) >= 11 is 0. The van der Waals surface area contributed by atoms with Crippen molar-refractivity contribution < 1.29 is 9.47 Å². The quantitative estimate of drug-likeness (QED) is 0.846. The molecule has 1 aliphatic heterocycles. The van der Waals surface area contributed by atoms with E-state index >= 15 is 0 Å². The summed E-state index contributed by atoms with van der Waals surface area (Å²) in [6.45, 7) is 1.55. The van der Waals surface area contributed by atoms with Gasteiger partial charge in [0, 0.05) is 5.56 Å². The van der Waals surface area contributed by atoms with Crippen molar-refractivity contribution in [1.29, 1.82) is 5.26 Å². The van der Waals surface area contributed by atoms with Crippen molar-refractivity contribution in [2.75, 3.05) is 34.4 Å². The molecule has 1 aliphatic rings. The zero-order chi connectivity index (χ0) is 14.6. The van der Waals surface area contributed by atoms with Crippen LogP contribution in [0.1, 0.15) is 24.8 Å². The number of hydrogen-bond acceptors (Lipinski definition) is 4. The molecular weight excluding hydrogens is 252 g/mol. The predicted molar refractivity (Wildman–Crippen MR) is 78.2 cm³/mol. The van der Waals surface area contributed by atoms with Gasteiger partial charge in [0.15, 0.2) is 0 Å². The summed E-state index contributed by atoms with van der Waals surface area (Å²) in [4.78, 5) is 2.12. The molecule has 0 bridgehead atoms. The molecular formula is C16H22N2O2. The van der Waals surface area contributed by atoms with Crippen LogP contribution in [0.5, 0.6) is 11.5 Å². The molecule has 0 saturated carbocycles. The van der Waals surface area contributed by atoms with Gasteiger partial charge in [0.25, 0.3) is 0 Å². The number of nitrogens with zero attached hydrogens (tertiary/aromatic N) is 2. The topological polar surface area (TPSA) is 45.5 Å². The Balaban J connectivity index is 2.44. The highest BCUT2D eigenvalue weighted by molar-refractivity contribution is 5.48. The molecule has 2 rings (SSSR count). The highest BCUT2D eigenvalue weighted by Crippen LogP contribution is 2.42. The molecule has 0 N–H and O–H groups in total. The first-order valence-corrected chi connectivity index (χ1v) is 6.98. The van der Waals surface area contributed by atoms with Crippen LogP contribution < -0.4 is 9.47 Å².